The Morgan fingerprint density at radius 2 is 2.16 bits per heavy atom. The molecule has 108 valence electrons. The van der Waals surface area contributed by atoms with Gasteiger partial charge in [0.05, 0.1) is 12.0 Å². The molecule has 2 fully saturated rings. The van der Waals surface area contributed by atoms with Crippen LogP contribution in [0.25, 0.3) is 0 Å². The Morgan fingerprint density at radius 3 is 2.74 bits per heavy atom. The number of urea groups is 1. The molecule has 1 unspecified atom stereocenters. The Hall–Kier alpha value is -1.30. The molecule has 2 N–H and O–H groups in total. The average molecular weight is 270 g/mol. The maximum Gasteiger partial charge on any atom is 0.317 e. The molecule has 0 radical (unpaired) electrons. The van der Waals surface area contributed by atoms with Crippen LogP contribution in [0.15, 0.2) is 0 Å². The van der Waals surface area contributed by atoms with E-state index < -0.39 is 11.9 Å². The Morgan fingerprint density at radius 1 is 1.37 bits per heavy atom. The molecule has 0 spiro atoms. The smallest absolute Gasteiger partial charge is 0.317 e. The summed E-state index contributed by atoms with van der Waals surface area (Å²) in [5.74, 6) is -1.26. The van der Waals surface area contributed by atoms with Crippen LogP contribution in [0.2, 0.25) is 0 Å². The van der Waals surface area contributed by atoms with Gasteiger partial charge in [0.2, 0.25) is 0 Å². The lowest BCUT2D eigenvalue weighted by Crippen LogP contribution is -2.43. The number of ether oxygens (including phenoxy) is 1. The molecule has 0 aromatic carbocycles. The van der Waals surface area contributed by atoms with Gasteiger partial charge in [-0.1, -0.05) is 6.92 Å². The molecule has 2 aliphatic rings. The van der Waals surface area contributed by atoms with Crippen molar-refractivity contribution in [1.82, 2.24) is 10.2 Å². The first-order chi connectivity index (χ1) is 9.08. The quantitative estimate of drug-likeness (QED) is 0.799. The zero-order valence-electron chi connectivity index (χ0n) is 11.3. The van der Waals surface area contributed by atoms with E-state index in [0.717, 1.165) is 25.9 Å². The van der Waals surface area contributed by atoms with Gasteiger partial charge in [0.1, 0.15) is 0 Å². The van der Waals surface area contributed by atoms with Crippen LogP contribution in [0.4, 0.5) is 4.79 Å². The molecule has 2 heterocycles. The fourth-order valence-electron chi connectivity index (χ4n) is 2.74. The molecule has 0 bridgehead atoms. The summed E-state index contributed by atoms with van der Waals surface area (Å²) in [7, 11) is 0. The van der Waals surface area contributed by atoms with Gasteiger partial charge in [-0.2, -0.15) is 0 Å². The van der Waals surface area contributed by atoms with Crippen LogP contribution >= 0.6 is 0 Å². The number of rotatable bonds is 3. The molecule has 6 nitrogen and oxygen atoms in total. The first-order valence-electron chi connectivity index (χ1n) is 6.95. The molecule has 0 aromatic rings. The van der Waals surface area contributed by atoms with Gasteiger partial charge in [0, 0.05) is 26.2 Å². The first kappa shape index (κ1) is 14.1. The van der Waals surface area contributed by atoms with Crippen molar-refractivity contribution in [3.8, 4) is 0 Å². The molecule has 6 heteroatoms. The summed E-state index contributed by atoms with van der Waals surface area (Å²) in [6.45, 7) is 3.96. The van der Waals surface area contributed by atoms with Gasteiger partial charge >= 0.3 is 12.0 Å². The summed E-state index contributed by atoms with van der Waals surface area (Å²) >= 11 is 0. The van der Waals surface area contributed by atoms with Gasteiger partial charge < -0.3 is 20.1 Å². The van der Waals surface area contributed by atoms with E-state index in [1.165, 1.54) is 0 Å². The molecule has 2 aliphatic heterocycles. The SMILES string of the molecule is C[C@@H]1CN(C(=O)NCC2CCCCO2)C[C@H]1C(=O)O. The third-order valence-electron chi connectivity index (χ3n) is 3.97. The zero-order chi connectivity index (χ0) is 13.8. The minimum atomic E-state index is -0.821. The van der Waals surface area contributed by atoms with Crippen molar-refractivity contribution in [3.63, 3.8) is 0 Å². The normalized spacial score (nSPS) is 31.2. The van der Waals surface area contributed by atoms with Crippen molar-refractivity contribution in [2.24, 2.45) is 11.8 Å². The topological polar surface area (TPSA) is 78.9 Å². The van der Waals surface area contributed by atoms with E-state index >= 15 is 0 Å². The first-order valence-corrected chi connectivity index (χ1v) is 6.95. The number of likely N-dealkylation sites (tertiary alicyclic amines) is 1. The van der Waals surface area contributed by atoms with E-state index in [9.17, 15) is 9.59 Å². The number of nitrogens with zero attached hydrogens (tertiary/aromatic N) is 1. The average Bonchev–Trinajstić information content (AvgIpc) is 2.79. The van der Waals surface area contributed by atoms with E-state index in [4.69, 9.17) is 9.84 Å². The number of nitrogens with one attached hydrogen (secondary N) is 1. The van der Waals surface area contributed by atoms with E-state index in [-0.39, 0.29) is 18.1 Å². The molecule has 2 saturated heterocycles. The summed E-state index contributed by atoms with van der Waals surface area (Å²) in [4.78, 5) is 24.6. The number of amides is 2. The Bertz CT molecular complexity index is 342. The Kier molecular flexibility index (Phi) is 4.63. The molecule has 0 aromatic heterocycles. The predicted molar refractivity (Wildman–Crippen MR) is 68.9 cm³/mol. The van der Waals surface area contributed by atoms with Crippen molar-refractivity contribution < 1.29 is 19.4 Å². The fourth-order valence-corrected chi connectivity index (χ4v) is 2.74. The van der Waals surface area contributed by atoms with Gasteiger partial charge in [-0.25, -0.2) is 4.79 Å². The van der Waals surface area contributed by atoms with Crippen molar-refractivity contribution in [2.45, 2.75) is 32.3 Å². The summed E-state index contributed by atoms with van der Waals surface area (Å²) in [6.07, 6.45) is 3.32. The summed E-state index contributed by atoms with van der Waals surface area (Å²) in [6, 6.07) is -0.176. The third-order valence-corrected chi connectivity index (χ3v) is 3.97. The number of hydrogen-bond acceptors (Lipinski definition) is 3. The van der Waals surface area contributed by atoms with Crippen LogP contribution in [-0.2, 0) is 9.53 Å². The number of aliphatic carboxylic acids is 1. The minimum absolute atomic E-state index is 0.00850. The minimum Gasteiger partial charge on any atom is -0.481 e. The predicted octanol–water partition coefficient (Wildman–Crippen LogP) is 0.918. The van der Waals surface area contributed by atoms with Crippen LogP contribution in [0.5, 0.6) is 0 Å². The number of carboxylic acid groups (broad SMARTS) is 1. The lowest BCUT2D eigenvalue weighted by molar-refractivity contribution is -0.142. The second-order valence-corrected chi connectivity index (χ2v) is 5.50. The summed E-state index contributed by atoms with van der Waals surface area (Å²) in [5, 5.41) is 11.9. The lowest BCUT2D eigenvalue weighted by atomic mass is 9.99. The van der Waals surface area contributed by atoms with Gasteiger partial charge in [-0.05, 0) is 25.2 Å². The number of carbonyl (C=O) groups is 2. The molecular weight excluding hydrogens is 248 g/mol. The number of carboxylic acids is 1. The Balaban J connectivity index is 1.76. The molecule has 0 aliphatic carbocycles. The fraction of sp³-hybridized carbons (Fsp3) is 0.846. The van der Waals surface area contributed by atoms with Crippen LogP contribution in [0.3, 0.4) is 0 Å². The highest BCUT2D eigenvalue weighted by atomic mass is 16.5. The largest absolute Gasteiger partial charge is 0.481 e. The van der Waals surface area contributed by atoms with Gasteiger partial charge in [0.15, 0.2) is 0 Å². The monoisotopic (exact) mass is 270 g/mol. The molecule has 0 saturated carbocycles. The molecule has 2 rings (SSSR count). The summed E-state index contributed by atoms with van der Waals surface area (Å²) < 4.78 is 5.54. The van der Waals surface area contributed by atoms with Crippen LogP contribution < -0.4 is 5.32 Å². The number of carbonyl (C=O) groups excluding carboxylic acids is 1. The third kappa shape index (κ3) is 3.59. The van der Waals surface area contributed by atoms with Crippen molar-refractivity contribution in [3.05, 3.63) is 0 Å². The maximum absolute atomic E-state index is 12.0. The van der Waals surface area contributed by atoms with Gasteiger partial charge in [0.25, 0.3) is 0 Å². The van der Waals surface area contributed by atoms with E-state index in [1.807, 2.05) is 6.92 Å². The van der Waals surface area contributed by atoms with Crippen molar-refractivity contribution in [2.75, 3.05) is 26.2 Å². The highest BCUT2D eigenvalue weighted by Gasteiger charge is 2.37. The molecule has 2 amide bonds. The highest BCUT2D eigenvalue weighted by molar-refractivity contribution is 5.77. The zero-order valence-corrected chi connectivity index (χ0v) is 11.3. The van der Waals surface area contributed by atoms with E-state index in [2.05, 4.69) is 5.32 Å². The standard InChI is InChI=1S/C13H22N2O4/c1-9-7-15(8-11(9)12(16)17)13(18)14-6-10-4-2-3-5-19-10/h9-11H,2-8H2,1H3,(H,14,18)(H,16,17)/t9-,10?,11-/m1/s1. The maximum atomic E-state index is 12.0. The van der Waals surface area contributed by atoms with Crippen LogP contribution in [0, 0.1) is 11.8 Å². The highest BCUT2D eigenvalue weighted by Crippen LogP contribution is 2.23. The second kappa shape index (κ2) is 6.23. The van der Waals surface area contributed by atoms with E-state index in [0.29, 0.717) is 19.6 Å². The number of hydrogen-bond donors (Lipinski definition) is 2. The second-order valence-electron chi connectivity index (χ2n) is 5.50. The molecule has 19 heavy (non-hydrogen) atoms. The lowest BCUT2D eigenvalue weighted by Gasteiger charge is -2.24. The van der Waals surface area contributed by atoms with E-state index in [1.54, 1.807) is 4.90 Å². The van der Waals surface area contributed by atoms with Crippen LogP contribution in [0.1, 0.15) is 26.2 Å². The van der Waals surface area contributed by atoms with Crippen LogP contribution in [-0.4, -0.2) is 54.4 Å². The van der Waals surface area contributed by atoms with Gasteiger partial charge in [-0.3, -0.25) is 4.79 Å². The Labute approximate surface area is 113 Å². The van der Waals surface area contributed by atoms with Crippen molar-refractivity contribution in [1.29, 1.82) is 0 Å². The molecule has 3 atom stereocenters. The van der Waals surface area contributed by atoms with Crippen molar-refractivity contribution >= 4 is 12.0 Å². The molecular formula is C13H22N2O4. The summed E-state index contributed by atoms with van der Waals surface area (Å²) in [5.41, 5.74) is 0. The van der Waals surface area contributed by atoms with Gasteiger partial charge in [-0.15, -0.1) is 0 Å².